The molecule has 1 heterocycles. The van der Waals surface area contributed by atoms with Crippen LogP contribution in [0.2, 0.25) is 5.02 Å². The maximum Gasteiger partial charge on any atom is 0.335 e. The number of nitrogens with zero attached hydrogens (tertiary/aromatic N) is 1. The molecule has 0 spiro atoms. The number of carboxylic acid groups (broad SMARTS) is 1. The zero-order valence-electron chi connectivity index (χ0n) is 17.7. The van der Waals surface area contributed by atoms with Crippen molar-refractivity contribution < 1.29 is 14.8 Å². The van der Waals surface area contributed by atoms with Crippen LogP contribution in [-0.4, -0.2) is 26.6 Å². The number of halogens is 2. The van der Waals surface area contributed by atoms with Gasteiger partial charge in [-0.15, -0.1) is 23.4 Å². The molecule has 0 unspecified atom stereocenters. The van der Waals surface area contributed by atoms with Crippen LogP contribution in [0.3, 0.4) is 0 Å². The quantitative estimate of drug-likeness (QED) is 0.216. The first-order valence-electron chi connectivity index (χ1n) is 10.8. The summed E-state index contributed by atoms with van der Waals surface area (Å²) in [6.07, 6.45) is 0.690. The average molecular weight is 515 g/mol. The number of nitro groups is 1. The number of para-hydroxylation sites is 1. The molecule has 2 N–H and O–H groups in total. The zero-order valence-corrected chi connectivity index (χ0v) is 20.1. The Morgan fingerprint density at radius 2 is 1.82 bits per heavy atom. The molecule has 2 aliphatic rings. The molecule has 0 amide bonds. The molecule has 1 saturated carbocycles. The van der Waals surface area contributed by atoms with Crippen LogP contribution in [0.15, 0.2) is 71.6 Å². The molecule has 174 valence electrons. The van der Waals surface area contributed by atoms with Crippen molar-refractivity contribution in [3.63, 3.8) is 0 Å². The second-order valence-electron chi connectivity index (χ2n) is 8.50. The van der Waals surface area contributed by atoms with Gasteiger partial charge in [-0.3, -0.25) is 10.1 Å². The number of carbonyl (C=O) groups is 1. The Labute approximate surface area is 210 Å². The Balaban J connectivity index is 1.57. The highest BCUT2D eigenvalue weighted by Gasteiger charge is 2.50. The number of nitro benzene ring substituents is 1. The first kappa shape index (κ1) is 23.0. The van der Waals surface area contributed by atoms with Gasteiger partial charge in [-0.2, -0.15) is 0 Å². The number of alkyl halides is 1. The van der Waals surface area contributed by atoms with Crippen LogP contribution in [0, 0.1) is 16.0 Å². The van der Waals surface area contributed by atoms with E-state index < -0.39 is 5.97 Å². The van der Waals surface area contributed by atoms with E-state index in [-0.39, 0.29) is 44.7 Å². The summed E-state index contributed by atoms with van der Waals surface area (Å²) in [7, 11) is 0. The van der Waals surface area contributed by atoms with Crippen LogP contribution < -0.4 is 5.32 Å². The van der Waals surface area contributed by atoms with Crippen molar-refractivity contribution in [1.82, 2.24) is 0 Å². The predicted molar refractivity (Wildman–Crippen MR) is 134 cm³/mol. The van der Waals surface area contributed by atoms with Crippen molar-refractivity contribution in [2.75, 3.05) is 5.32 Å². The molecule has 34 heavy (non-hydrogen) atoms. The van der Waals surface area contributed by atoms with E-state index in [1.54, 1.807) is 36.4 Å². The number of hydrogen-bond acceptors (Lipinski definition) is 5. The molecule has 1 aliphatic heterocycles. The van der Waals surface area contributed by atoms with Crippen molar-refractivity contribution in [1.29, 1.82) is 0 Å². The summed E-state index contributed by atoms with van der Waals surface area (Å²) in [5, 5.41) is 24.8. The summed E-state index contributed by atoms with van der Waals surface area (Å²) < 4.78 is 0. The lowest BCUT2D eigenvalue weighted by molar-refractivity contribution is -0.387. The SMILES string of the molecule is O=C(O)c1ccc2c(c1)[C@H]1[C@@H](Cl)[C@@H](Sc3ccccc3[N+](=O)[O-])C[C@H]1[C@H](c1ccccc1Cl)N2. The number of anilines is 1. The number of hydrogen-bond donors (Lipinski definition) is 2. The van der Waals surface area contributed by atoms with Crippen molar-refractivity contribution in [2.24, 2.45) is 5.92 Å². The molecule has 0 aromatic heterocycles. The second kappa shape index (κ2) is 9.13. The number of fused-ring (bicyclic) bond motifs is 3. The van der Waals surface area contributed by atoms with Crippen LogP contribution in [0.4, 0.5) is 11.4 Å². The first-order chi connectivity index (χ1) is 16.3. The van der Waals surface area contributed by atoms with Gasteiger partial charge < -0.3 is 10.4 Å². The molecule has 1 fully saturated rings. The molecule has 5 rings (SSSR count). The van der Waals surface area contributed by atoms with Gasteiger partial charge in [0, 0.05) is 27.9 Å². The van der Waals surface area contributed by atoms with Crippen LogP contribution in [0.5, 0.6) is 0 Å². The van der Waals surface area contributed by atoms with E-state index in [0.29, 0.717) is 16.3 Å². The highest BCUT2D eigenvalue weighted by molar-refractivity contribution is 8.00. The van der Waals surface area contributed by atoms with Gasteiger partial charge in [-0.1, -0.05) is 41.9 Å². The number of rotatable bonds is 5. The Morgan fingerprint density at radius 3 is 2.56 bits per heavy atom. The lowest BCUT2D eigenvalue weighted by Crippen LogP contribution is -2.31. The molecular weight excluding hydrogens is 495 g/mol. The smallest absolute Gasteiger partial charge is 0.335 e. The molecule has 1 aliphatic carbocycles. The standard InChI is InChI=1S/C25H20Cl2N2O4S/c26-17-6-2-1-5-14(17)24-16-12-21(34-20-8-4-3-7-19(20)29(32)33)23(27)22(16)15-11-13(25(30)31)9-10-18(15)28-24/h1-11,16,21-24,28H,12H2,(H,30,31)/t16-,21+,22-,23+,24+/m1/s1. The van der Waals surface area contributed by atoms with Crippen LogP contribution >= 0.6 is 35.0 Å². The third-order valence-electron chi connectivity index (χ3n) is 6.64. The zero-order chi connectivity index (χ0) is 24.0. The van der Waals surface area contributed by atoms with Gasteiger partial charge in [0.2, 0.25) is 0 Å². The Morgan fingerprint density at radius 1 is 1.09 bits per heavy atom. The normalized spacial score (nSPS) is 25.2. The summed E-state index contributed by atoms with van der Waals surface area (Å²) >= 11 is 15.1. The van der Waals surface area contributed by atoms with Crippen LogP contribution in [-0.2, 0) is 0 Å². The van der Waals surface area contributed by atoms with Crippen molar-refractivity contribution in [3.8, 4) is 0 Å². The summed E-state index contributed by atoms with van der Waals surface area (Å²) in [5.74, 6) is -1.11. The highest BCUT2D eigenvalue weighted by Crippen LogP contribution is 2.58. The summed E-state index contributed by atoms with van der Waals surface area (Å²) in [4.78, 5) is 23.4. The fraction of sp³-hybridized carbons (Fsp3) is 0.240. The Kier molecular flexibility index (Phi) is 6.18. The fourth-order valence-corrected chi connectivity index (χ4v) is 7.35. The largest absolute Gasteiger partial charge is 0.478 e. The van der Waals surface area contributed by atoms with Gasteiger partial charge in [-0.25, -0.2) is 4.79 Å². The van der Waals surface area contributed by atoms with E-state index in [2.05, 4.69) is 5.32 Å². The Hall–Kier alpha value is -2.74. The van der Waals surface area contributed by atoms with Crippen LogP contribution in [0.1, 0.15) is 39.9 Å². The molecule has 9 heteroatoms. The maximum absolute atomic E-state index is 11.7. The molecule has 5 atom stereocenters. The van der Waals surface area contributed by atoms with Gasteiger partial charge in [0.15, 0.2) is 0 Å². The third kappa shape index (κ3) is 4.02. The minimum atomic E-state index is -0.998. The van der Waals surface area contributed by atoms with Gasteiger partial charge in [-0.05, 0) is 53.8 Å². The number of carboxylic acids is 1. The fourth-order valence-electron chi connectivity index (χ4n) is 5.15. The van der Waals surface area contributed by atoms with E-state index in [1.807, 2.05) is 24.3 Å². The number of nitrogens with one attached hydrogen (secondary N) is 1. The predicted octanol–water partition coefficient (Wildman–Crippen LogP) is 6.99. The molecule has 3 aromatic carbocycles. The molecule has 3 aromatic rings. The van der Waals surface area contributed by atoms with Gasteiger partial charge in [0.1, 0.15) is 0 Å². The summed E-state index contributed by atoms with van der Waals surface area (Å²) in [6, 6.07) is 19.3. The van der Waals surface area contributed by atoms with E-state index in [0.717, 1.165) is 16.8 Å². The average Bonchev–Trinajstić information content (AvgIpc) is 3.15. The van der Waals surface area contributed by atoms with Gasteiger partial charge in [0.25, 0.3) is 5.69 Å². The molecule has 0 radical (unpaired) electrons. The summed E-state index contributed by atoms with van der Waals surface area (Å²) in [6.45, 7) is 0. The van der Waals surface area contributed by atoms with Gasteiger partial charge in [0.05, 0.1) is 26.8 Å². The Bertz CT molecular complexity index is 1290. The summed E-state index contributed by atoms with van der Waals surface area (Å²) in [5.41, 5.74) is 2.90. The number of thioether (sulfide) groups is 1. The molecular formula is C25H20Cl2N2O4S. The topological polar surface area (TPSA) is 92.5 Å². The molecule has 6 nitrogen and oxygen atoms in total. The third-order valence-corrected chi connectivity index (χ3v) is 9.10. The van der Waals surface area contributed by atoms with E-state index >= 15 is 0 Å². The van der Waals surface area contributed by atoms with Crippen molar-refractivity contribution in [2.45, 2.75) is 33.9 Å². The molecule has 0 bridgehead atoms. The maximum atomic E-state index is 11.7. The minimum absolute atomic E-state index is 0.0270. The number of aromatic carboxylic acids is 1. The van der Waals surface area contributed by atoms with Crippen molar-refractivity contribution in [3.05, 3.63) is 98.6 Å². The highest BCUT2D eigenvalue weighted by atomic mass is 35.5. The monoisotopic (exact) mass is 514 g/mol. The van der Waals surface area contributed by atoms with Crippen molar-refractivity contribution >= 4 is 52.3 Å². The van der Waals surface area contributed by atoms with Gasteiger partial charge >= 0.3 is 5.97 Å². The lowest BCUT2D eigenvalue weighted by Gasteiger charge is -2.38. The van der Waals surface area contributed by atoms with E-state index in [9.17, 15) is 20.0 Å². The molecule has 0 saturated heterocycles. The van der Waals surface area contributed by atoms with E-state index in [4.69, 9.17) is 23.2 Å². The van der Waals surface area contributed by atoms with E-state index in [1.165, 1.54) is 17.8 Å². The first-order valence-corrected chi connectivity index (χ1v) is 12.5. The van der Waals surface area contributed by atoms with Crippen LogP contribution in [0.25, 0.3) is 0 Å². The minimum Gasteiger partial charge on any atom is -0.478 e. The number of benzene rings is 3. The second-order valence-corrected chi connectivity index (χ2v) is 10.7. The lowest BCUT2D eigenvalue weighted by atomic mass is 9.77.